The summed E-state index contributed by atoms with van der Waals surface area (Å²) in [6.07, 6.45) is 2.31. The van der Waals surface area contributed by atoms with Crippen LogP contribution in [0, 0.1) is 5.92 Å². The molecule has 0 bridgehead atoms. The molecule has 0 saturated heterocycles. The Hall–Kier alpha value is -3.44. The van der Waals surface area contributed by atoms with Crippen molar-refractivity contribution in [3.05, 3.63) is 96.1 Å². The van der Waals surface area contributed by atoms with Crippen LogP contribution in [0.3, 0.4) is 0 Å². The van der Waals surface area contributed by atoms with Crippen molar-refractivity contribution in [2.24, 2.45) is 10.9 Å². The molecule has 4 rings (SSSR count). The van der Waals surface area contributed by atoms with E-state index in [-0.39, 0.29) is 27.3 Å². The first-order valence-electron chi connectivity index (χ1n) is 13.3. The largest absolute Gasteiger partial charge is 0.394 e. The highest BCUT2D eigenvalue weighted by atomic mass is 35.5. The number of hydrogen-bond acceptors (Lipinski definition) is 6. The number of hydrogen-bond donors (Lipinski definition) is 2. The van der Waals surface area contributed by atoms with Crippen LogP contribution in [0.25, 0.3) is 10.9 Å². The predicted octanol–water partition coefficient (Wildman–Crippen LogP) is 9.67. The molecular weight excluding hydrogens is 546 g/mol. The molecule has 7 heteroatoms. The monoisotopic (exact) mass is 593 g/mol. The van der Waals surface area contributed by atoms with E-state index in [4.69, 9.17) is 10.7 Å². The maximum atomic E-state index is 6.78. The van der Waals surface area contributed by atoms with Gasteiger partial charge in [0.15, 0.2) is 5.82 Å². The highest BCUT2D eigenvalue weighted by molar-refractivity contribution is 7.78. The van der Waals surface area contributed by atoms with Crippen molar-refractivity contribution in [2.75, 3.05) is 29.0 Å². The zero-order chi connectivity index (χ0) is 27.2. The molecule has 41 heavy (non-hydrogen) atoms. The smallest absolute Gasteiger partial charge is 0.155 e. The van der Waals surface area contributed by atoms with E-state index < -0.39 is 0 Å². The van der Waals surface area contributed by atoms with E-state index >= 15 is 0 Å². The zero-order valence-electron chi connectivity index (χ0n) is 23.1. The first-order valence-corrected chi connectivity index (χ1v) is 13.7. The second-order valence-electron chi connectivity index (χ2n) is 9.67. The summed E-state index contributed by atoms with van der Waals surface area (Å²) in [5, 5.41) is 6.96. The average Bonchev–Trinajstić information content (AvgIpc) is 2.94. The van der Waals surface area contributed by atoms with E-state index in [1.165, 1.54) is 17.5 Å². The number of thiocarbonyl (C=S) groups is 1. The van der Waals surface area contributed by atoms with Gasteiger partial charge in [-0.2, -0.15) is 0 Å². The lowest BCUT2D eigenvalue weighted by Crippen LogP contribution is -2.25. The number of halogens is 1. The summed E-state index contributed by atoms with van der Waals surface area (Å²) < 4.78 is 0. The molecule has 4 aromatic rings. The van der Waals surface area contributed by atoms with Gasteiger partial charge in [-0.15, -0.1) is 12.4 Å². The van der Waals surface area contributed by atoms with Crippen molar-refractivity contribution in [2.45, 2.75) is 61.6 Å². The third-order valence-corrected chi connectivity index (χ3v) is 6.15. The Morgan fingerprint density at radius 2 is 1.44 bits per heavy atom. The minimum absolute atomic E-state index is 0. The third-order valence-electron chi connectivity index (χ3n) is 6.02. The Kier molecular flexibility index (Phi) is 18.7. The molecule has 5 nitrogen and oxygen atoms in total. The Labute approximate surface area is 259 Å². The number of anilines is 3. The molecule has 1 heterocycles. The fraction of sp³-hybridized carbons (Fsp3) is 0.353. The van der Waals surface area contributed by atoms with Gasteiger partial charge in [0, 0.05) is 31.6 Å². The molecule has 1 aromatic heterocycles. The SMILES string of the molecule is C.C.CC(C)CNc1c(N)c(N(Cc2ccccc2)Cc2ccccc2)nc2ccccc12.CCCCN=C=S.Cl. The van der Waals surface area contributed by atoms with E-state index in [0.717, 1.165) is 55.0 Å². The number of pyridine rings is 1. The van der Waals surface area contributed by atoms with E-state index in [1.54, 1.807) is 0 Å². The molecule has 0 radical (unpaired) electrons. The summed E-state index contributed by atoms with van der Waals surface area (Å²) in [5.41, 5.74) is 11.9. The number of nitrogens with two attached hydrogens (primary N) is 1. The molecule has 0 unspecified atom stereocenters. The fourth-order valence-electron chi connectivity index (χ4n) is 4.05. The Morgan fingerprint density at radius 3 is 1.95 bits per heavy atom. The molecule has 222 valence electrons. The number of fused-ring (bicyclic) bond motifs is 1. The minimum atomic E-state index is 0. The molecule has 0 spiro atoms. The van der Waals surface area contributed by atoms with Gasteiger partial charge in [0.25, 0.3) is 0 Å². The van der Waals surface area contributed by atoms with Crippen LogP contribution in [0.1, 0.15) is 59.6 Å². The molecule has 0 atom stereocenters. The highest BCUT2D eigenvalue weighted by Crippen LogP contribution is 2.37. The Bertz CT molecular complexity index is 1270. The highest BCUT2D eigenvalue weighted by Gasteiger charge is 2.19. The minimum Gasteiger partial charge on any atom is -0.394 e. The molecule has 0 amide bonds. The van der Waals surface area contributed by atoms with Crippen LogP contribution in [0.2, 0.25) is 0 Å². The number of aromatic nitrogens is 1. The first kappa shape index (κ1) is 37.6. The van der Waals surface area contributed by atoms with Gasteiger partial charge in [0.1, 0.15) is 0 Å². The van der Waals surface area contributed by atoms with Crippen molar-refractivity contribution in [3.8, 4) is 0 Å². The van der Waals surface area contributed by atoms with Crippen molar-refractivity contribution < 1.29 is 0 Å². The maximum Gasteiger partial charge on any atom is 0.155 e. The van der Waals surface area contributed by atoms with Crippen LogP contribution in [0.4, 0.5) is 17.2 Å². The number of nitrogens with zero attached hydrogens (tertiary/aromatic N) is 3. The van der Waals surface area contributed by atoms with E-state index in [1.807, 2.05) is 24.3 Å². The molecular formula is C34H48ClN5S. The van der Waals surface area contributed by atoms with Crippen molar-refractivity contribution in [1.29, 1.82) is 0 Å². The fourth-order valence-corrected chi connectivity index (χ4v) is 4.14. The normalized spacial score (nSPS) is 9.66. The second kappa shape index (κ2) is 20.4. The van der Waals surface area contributed by atoms with Gasteiger partial charge < -0.3 is 16.0 Å². The summed E-state index contributed by atoms with van der Waals surface area (Å²) in [6, 6.07) is 29.2. The topological polar surface area (TPSA) is 66.5 Å². The first-order chi connectivity index (χ1) is 18.5. The number of aliphatic imine (C=N–C) groups is 1. The molecule has 0 aliphatic heterocycles. The number of para-hydroxylation sites is 1. The number of nitrogens with one attached hydrogen (secondary N) is 1. The number of unbranched alkanes of at least 4 members (excludes halogenated alkanes) is 1. The lowest BCUT2D eigenvalue weighted by atomic mass is 10.1. The van der Waals surface area contributed by atoms with Gasteiger partial charge in [-0.3, -0.25) is 0 Å². The predicted molar refractivity (Wildman–Crippen MR) is 188 cm³/mol. The van der Waals surface area contributed by atoms with Gasteiger partial charge in [-0.25, -0.2) is 9.98 Å². The summed E-state index contributed by atoms with van der Waals surface area (Å²) in [6.45, 7) is 9.69. The van der Waals surface area contributed by atoms with Gasteiger partial charge in [0.2, 0.25) is 0 Å². The molecule has 0 aliphatic carbocycles. The number of rotatable bonds is 11. The summed E-state index contributed by atoms with van der Waals surface area (Å²) in [7, 11) is 0. The van der Waals surface area contributed by atoms with Crippen LogP contribution < -0.4 is 16.0 Å². The van der Waals surface area contributed by atoms with Gasteiger partial charge in [-0.1, -0.05) is 121 Å². The van der Waals surface area contributed by atoms with E-state index in [2.05, 4.69) is 114 Å². The Balaban J connectivity index is 0.00000143. The van der Waals surface area contributed by atoms with Crippen molar-refractivity contribution in [3.63, 3.8) is 0 Å². The maximum absolute atomic E-state index is 6.78. The van der Waals surface area contributed by atoms with Crippen molar-refractivity contribution in [1.82, 2.24) is 4.98 Å². The summed E-state index contributed by atoms with van der Waals surface area (Å²) in [5.74, 6) is 1.33. The van der Waals surface area contributed by atoms with Gasteiger partial charge >= 0.3 is 0 Å². The van der Waals surface area contributed by atoms with Crippen LogP contribution >= 0.6 is 24.6 Å². The van der Waals surface area contributed by atoms with Crippen molar-refractivity contribution >= 4 is 57.9 Å². The van der Waals surface area contributed by atoms with Crippen LogP contribution in [0.15, 0.2) is 89.9 Å². The molecule has 0 saturated carbocycles. The summed E-state index contributed by atoms with van der Waals surface area (Å²) >= 11 is 4.35. The van der Waals surface area contributed by atoms with Gasteiger partial charge in [0.05, 0.1) is 22.1 Å². The summed E-state index contributed by atoms with van der Waals surface area (Å²) in [4.78, 5) is 11.0. The standard InChI is InChI=1S/C27H30N4.C5H9NS.2CH4.ClH/c1-20(2)17-29-26-23-15-9-10-16-24(23)30-27(25(26)28)31(18-21-11-5-3-6-12-21)19-22-13-7-4-8-14-22;1-2-3-4-6-5-7;;;/h3-16,20H,17-19,28H2,1-2H3,(H,29,30);2-4H2,1H3;2*1H4;1H. The molecule has 0 fully saturated rings. The lowest BCUT2D eigenvalue weighted by molar-refractivity contribution is 0.689. The zero-order valence-corrected chi connectivity index (χ0v) is 24.8. The van der Waals surface area contributed by atoms with Crippen LogP contribution in [-0.4, -0.2) is 23.2 Å². The lowest BCUT2D eigenvalue weighted by Gasteiger charge is -2.27. The molecule has 3 aromatic carbocycles. The number of benzene rings is 3. The Morgan fingerprint density at radius 1 is 0.902 bits per heavy atom. The quantitative estimate of drug-likeness (QED) is 0.103. The third kappa shape index (κ3) is 11.9. The second-order valence-corrected chi connectivity index (χ2v) is 9.85. The number of nitrogen functional groups attached to an aromatic ring is 1. The molecule has 3 N–H and O–H groups in total. The van der Waals surface area contributed by atoms with E-state index in [9.17, 15) is 0 Å². The molecule has 0 aliphatic rings. The van der Waals surface area contributed by atoms with E-state index in [0.29, 0.717) is 11.6 Å². The van der Waals surface area contributed by atoms with Gasteiger partial charge in [-0.05, 0) is 41.7 Å². The van der Waals surface area contributed by atoms with Crippen LogP contribution in [0.5, 0.6) is 0 Å². The number of isothiocyanates is 1. The average molecular weight is 594 g/mol. The van der Waals surface area contributed by atoms with Crippen LogP contribution in [-0.2, 0) is 13.1 Å².